The minimum atomic E-state index is -0.320. The highest BCUT2D eigenvalue weighted by Gasteiger charge is 2.24. The summed E-state index contributed by atoms with van der Waals surface area (Å²) in [6.07, 6.45) is 0. The van der Waals surface area contributed by atoms with Gasteiger partial charge in [0.05, 0.1) is 5.69 Å². The number of anilines is 1. The highest BCUT2D eigenvalue weighted by molar-refractivity contribution is 6.03. The predicted octanol–water partition coefficient (Wildman–Crippen LogP) is 4.38. The van der Waals surface area contributed by atoms with Crippen molar-refractivity contribution in [3.63, 3.8) is 0 Å². The van der Waals surface area contributed by atoms with Crippen LogP contribution in [-0.2, 0) is 0 Å². The first-order valence-electron chi connectivity index (χ1n) is 9.30. The molecule has 1 unspecified atom stereocenters. The largest absolute Gasteiger partial charge is 0.508 e. The molecule has 1 atom stereocenters. The Hall–Kier alpha value is -3.93. The minimum Gasteiger partial charge on any atom is -0.508 e. The maximum absolute atomic E-state index is 13.0. The van der Waals surface area contributed by atoms with Crippen molar-refractivity contribution in [1.29, 1.82) is 0 Å². The number of nitrogens with one attached hydrogen (secondary N) is 1. The van der Waals surface area contributed by atoms with Gasteiger partial charge in [-0.1, -0.05) is 55.5 Å². The van der Waals surface area contributed by atoms with Gasteiger partial charge in [-0.05, 0) is 42.0 Å². The Kier molecular flexibility index (Phi) is 5.07. The van der Waals surface area contributed by atoms with Crippen LogP contribution >= 0.6 is 0 Å². The number of aromatic hydroxyl groups is 1. The van der Waals surface area contributed by atoms with Crippen LogP contribution in [0.1, 0.15) is 34.6 Å². The van der Waals surface area contributed by atoms with E-state index in [0.29, 0.717) is 11.4 Å². The molecule has 2 N–H and O–H groups in total. The van der Waals surface area contributed by atoms with Gasteiger partial charge in [-0.3, -0.25) is 4.79 Å². The Balaban J connectivity index is 1.74. The average molecular weight is 384 g/mol. The second-order valence-corrected chi connectivity index (χ2v) is 6.69. The van der Waals surface area contributed by atoms with Crippen molar-refractivity contribution < 1.29 is 9.90 Å². The molecular weight excluding hydrogens is 364 g/mol. The van der Waals surface area contributed by atoms with E-state index in [1.165, 1.54) is 4.80 Å². The molecule has 0 fully saturated rings. The van der Waals surface area contributed by atoms with Crippen LogP contribution in [0.25, 0.3) is 5.69 Å². The zero-order valence-electron chi connectivity index (χ0n) is 15.9. The van der Waals surface area contributed by atoms with Crippen LogP contribution in [0.3, 0.4) is 0 Å². The number of nitrogens with zero attached hydrogens (tertiary/aromatic N) is 3. The van der Waals surface area contributed by atoms with E-state index in [2.05, 4.69) is 15.5 Å². The van der Waals surface area contributed by atoms with E-state index < -0.39 is 0 Å². The number of hydrogen-bond acceptors (Lipinski definition) is 4. The fourth-order valence-electron chi connectivity index (χ4n) is 3.08. The molecule has 0 aliphatic rings. The van der Waals surface area contributed by atoms with Crippen molar-refractivity contribution >= 4 is 11.6 Å². The van der Waals surface area contributed by atoms with Crippen LogP contribution < -0.4 is 5.32 Å². The van der Waals surface area contributed by atoms with Crippen LogP contribution in [0.2, 0.25) is 0 Å². The lowest BCUT2D eigenvalue weighted by Gasteiger charge is -2.11. The van der Waals surface area contributed by atoms with Crippen molar-refractivity contribution in [2.24, 2.45) is 0 Å². The van der Waals surface area contributed by atoms with Crippen molar-refractivity contribution in [2.75, 3.05) is 5.32 Å². The Morgan fingerprint density at radius 3 is 2.17 bits per heavy atom. The molecule has 6 heteroatoms. The van der Waals surface area contributed by atoms with Crippen molar-refractivity contribution in [3.8, 4) is 11.4 Å². The average Bonchev–Trinajstić information content (AvgIpc) is 3.21. The third-order valence-corrected chi connectivity index (χ3v) is 4.68. The number of carbonyl (C=O) groups excluding carboxylic acids is 1. The first kappa shape index (κ1) is 18.4. The number of phenols is 1. The molecule has 29 heavy (non-hydrogen) atoms. The van der Waals surface area contributed by atoms with Crippen molar-refractivity contribution in [1.82, 2.24) is 15.0 Å². The number of carbonyl (C=O) groups is 1. The summed E-state index contributed by atoms with van der Waals surface area (Å²) in [6.45, 7) is 1.96. The third kappa shape index (κ3) is 4.01. The Bertz CT molecular complexity index is 1110. The summed E-state index contributed by atoms with van der Waals surface area (Å²) >= 11 is 0. The maximum atomic E-state index is 13.0. The van der Waals surface area contributed by atoms with Gasteiger partial charge in [-0.25, -0.2) is 0 Å². The molecular formula is C23H20N4O2. The summed E-state index contributed by atoms with van der Waals surface area (Å²) in [4.78, 5) is 14.5. The number of benzene rings is 3. The number of hydrogen-bond donors (Lipinski definition) is 2. The highest BCUT2D eigenvalue weighted by Crippen LogP contribution is 2.27. The molecule has 1 aromatic heterocycles. The molecule has 0 spiro atoms. The summed E-state index contributed by atoms with van der Waals surface area (Å²) in [5, 5.41) is 21.6. The van der Waals surface area contributed by atoms with E-state index >= 15 is 0 Å². The van der Waals surface area contributed by atoms with Gasteiger partial charge < -0.3 is 10.4 Å². The number of amides is 1. The van der Waals surface area contributed by atoms with Crippen molar-refractivity contribution in [3.05, 3.63) is 102 Å². The van der Waals surface area contributed by atoms with Gasteiger partial charge in [0, 0.05) is 11.6 Å². The topological polar surface area (TPSA) is 80.0 Å². The van der Waals surface area contributed by atoms with Gasteiger partial charge in [0.25, 0.3) is 5.91 Å². The van der Waals surface area contributed by atoms with E-state index in [0.717, 1.165) is 11.3 Å². The highest BCUT2D eigenvalue weighted by atomic mass is 16.3. The normalized spacial score (nSPS) is 11.8. The molecule has 0 aliphatic heterocycles. The SMILES string of the molecule is CC(c1ccc(O)cc1)c1nn(-c2ccccc2)nc1C(=O)Nc1ccccc1. The molecule has 0 radical (unpaired) electrons. The second-order valence-electron chi connectivity index (χ2n) is 6.69. The van der Waals surface area contributed by atoms with E-state index in [-0.39, 0.29) is 23.3 Å². The van der Waals surface area contributed by atoms with Crippen molar-refractivity contribution in [2.45, 2.75) is 12.8 Å². The molecule has 4 rings (SSSR count). The fourth-order valence-corrected chi connectivity index (χ4v) is 3.08. The summed E-state index contributed by atoms with van der Waals surface area (Å²) in [5.41, 5.74) is 3.21. The number of rotatable bonds is 5. The molecule has 1 amide bonds. The molecule has 0 bridgehead atoms. The monoisotopic (exact) mass is 384 g/mol. The molecule has 3 aromatic carbocycles. The number of aromatic nitrogens is 3. The van der Waals surface area contributed by atoms with Gasteiger partial charge in [-0.15, -0.1) is 5.10 Å². The summed E-state index contributed by atoms with van der Waals surface area (Å²) in [7, 11) is 0. The molecule has 144 valence electrons. The lowest BCUT2D eigenvalue weighted by molar-refractivity contribution is 0.102. The van der Waals surface area contributed by atoms with Gasteiger partial charge in [-0.2, -0.15) is 9.90 Å². The predicted molar refractivity (Wildman–Crippen MR) is 111 cm³/mol. The Labute approximate surface area is 168 Å². The first-order chi connectivity index (χ1) is 14.1. The molecule has 0 saturated heterocycles. The smallest absolute Gasteiger partial charge is 0.278 e. The van der Waals surface area contributed by atoms with Crippen LogP contribution in [0.4, 0.5) is 5.69 Å². The minimum absolute atomic E-state index is 0.190. The van der Waals surface area contributed by atoms with Crippen LogP contribution in [-0.4, -0.2) is 26.0 Å². The van der Waals surface area contributed by atoms with E-state index in [1.807, 2.05) is 79.7 Å². The number of para-hydroxylation sites is 2. The molecule has 4 aromatic rings. The quantitative estimate of drug-likeness (QED) is 0.535. The second kappa shape index (κ2) is 7.98. The summed E-state index contributed by atoms with van der Waals surface area (Å²) in [5.74, 6) is -0.320. The Morgan fingerprint density at radius 2 is 1.52 bits per heavy atom. The van der Waals surface area contributed by atoms with Crippen LogP contribution in [0.5, 0.6) is 5.75 Å². The lowest BCUT2D eigenvalue weighted by atomic mass is 9.96. The van der Waals surface area contributed by atoms with E-state index in [1.54, 1.807) is 12.1 Å². The van der Waals surface area contributed by atoms with Gasteiger partial charge >= 0.3 is 0 Å². The van der Waals surface area contributed by atoms with Crippen LogP contribution in [0.15, 0.2) is 84.9 Å². The Morgan fingerprint density at radius 1 is 0.897 bits per heavy atom. The van der Waals surface area contributed by atoms with Gasteiger partial charge in [0.2, 0.25) is 0 Å². The zero-order valence-corrected chi connectivity index (χ0v) is 15.9. The maximum Gasteiger partial charge on any atom is 0.278 e. The zero-order chi connectivity index (χ0) is 20.2. The third-order valence-electron chi connectivity index (χ3n) is 4.68. The van der Waals surface area contributed by atoms with E-state index in [9.17, 15) is 9.90 Å². The standard InChI is InChI=1S/C23H20N4O2/c1-16(17-12-14-20(28)15-13-17)21-22(23(29)24-18-8-4-2-5-9-18)26-27(25-21)19-10-6-3-7-11-19/h2-16,28H,1H3,(H,24,29). The molecule has 0 saturated carbocycles. The number of phenolic OH excluding ortho intramolecular Hbond substituents is 1. The van der Waals surface area contributed by atoms with Crippen LogP contribution in [0, 0.1) is 0 Å². The molecule has 0 aliphatic carbocycles. The molecule has 1 heterocycles. The first-order valence-corrected chi connectivity index (χ1v) is 9.30. The van der Waals surface area contributed by atoms with Gasteiger partial charge in [0.1, 0.15) is 11.4 Å². The summed E-state index contributed by atoms with van der Waals surface area (Å²) < 4.78 is 0. The fraction of sp³-hybridized carbons (Fsp3) is 0.0870. The molecule has 6 nitrogen and oxygen atoms in total. The summed E-state index contributed by atoms with van der Waals surface area (Å²) in [6, 6.07) is 25.6. The lowest BCUT2D eigenvalue weighted by Crippen LogP contribution is -2.16. The van der Waals surface area contributed by atoms with E-state index in [4.69, 9.17) is 0 Å². The van der Waals surface area contributed by atoms with Gasteiger partial charge in [0.15, 0.2) is 5.69 Å².